The summed E-state index contributed by atoms with van der Waals surface area (Å²) in [6.45, 7) is 9.69. The van der Waals surface area contributed by atoms with E-state index in [-0.39, 0.29) is 25.7 Å². The second-order valence-corrected chi connectivity index (χ2v) is 33.7. The maximum absolute atomic E-state index is 13.1. The molecule has 0 amide bonds. The van der Waals surface area contributed by atoms with Crippen molar-refractivity contribution in [2.24, 2.45) is 11.8 Å². The SMILES string of the molecule is CCCCCCCCCCCCCCCCCCC(=O)OC[C@H](COP(=O)(O)OC[C@@H](O)COP(=O)(O)OC[C@@H](COC(=O)CCCCCCCCCCCC)OC(=O)CCCCCCCCCCCCCCC(C)C)OC(=O)CCCCCCCCCCCCCCCCCCCCC(C)C. The van der Waals surface area contributed by atoms with E-state index in [0.29, 0.717) is 25.7 Å². The summed E-state index contributed by atoms with van der Waals surface area (Å²) < 4.78 is 68.8. The highest BCUT2D eigenvalue weighted by molar-refractivity contribution is 7.47. The molecule has 102 heavy (non-hydrogen) atoms. The van der Waals surface area contributed by atoms with Crippen molar-refractivity contribution in [2.45, 2.75) is 458 Å². The lowest BCUT2D eigenvalue weighted by atomic mass is 10.0. The third kappa shape index (κ3) is 76.3. The highest BCUT2D eigenvalue weighted by Crippen LogP contribution is 2.45. The summed E-state index contributed by atoms with van der Waals surface area (Å²) in [5, 5.41) is 10.7. The summed E-state index contributed by atoms with van der Waals surface area (Å²) in [4.78, 5) is 73.1. The molecule has 0 bridgehead atoms. The average Bonchev–Trinajstić information content (AvgIpc) is 0.928. The quantitative estimate of drug-likeness (QED) is 0.0222. The maximum atomic E-state index is 13.1. The zero-order valence-corrected chi connectivity index (χ0v) is 68.7. The lowest BCUT2D eigenvalue weighted by molar-refractivity contribution is -0.161. The van der Waals surface area contributed by atoms with E-state index < -0.39 is 97.5 Å². The fourth-order valence-corrected chi connectivity index (χ4v) is 14.5. The van der Waals surface area contributed by atoms with Gasteiger partial charge < -0.3 is 33.8 Å². The molecule has 0 rings (SSSR count). The molecule has 19 heteroatoms. The molecule has 17 nitrogen and oxygen atoms in total. The Hall–Kier alpha value is -1.94. The van der Waals surface area contributed by atoms with Gasteiger partial charge in [0.25, 0.3) is 0 Å². The normalized spacial score (nSPS) is 13.9. The predicted octanol–water partition coefficient (Wildman–Crippen LogP) is 25.1. The zero-order chi connectivity index (χ0) is 74.9. The van der Waals surface area contributed by atoms with Crippen molar-refractivity contribution in [1.29, 1.82) is 0 Å². The molecule has 0 aliphatic carbocycles. The van der Waals surface area contributed by atoms with Crippen LogP contribution in [0.4, 0.5) is 0 Å². The molecule has 0 radical (unpaired) electrons. The van der Waals surface area contributed by atoms with E-state index in [0.717, 1.165) is 102 Å². The maximum Gasteiger partial charge on any atom is 0.472 e. The summed E-state index contributed by atoms with van der Waals surface area (Å²) in [6.07, 6.45) is 65.2. The van der Waals surface area contributed by atoms with Gasteiger partial charge in [-0.1, -0.05) is 388 Å². The zero-order valence-electron chi connectivity index (χ0n) is 66.9. The first-order valence-electron chi connectivity index (χ1n) is 43.0. The van der Waals surface area contributed by atoms with Gasteiger partial charge in [-0.15, -0.1) is 0 Å². The number of unbranched alkanes of at least 4 members (excludes halogenated alkanes) is 52. The summed E-state index contributed by atoms with van der Waals surface area (Å²) in [7, 11) is -9.92. The lowest BCUT2D eigenvalue weighted by Gasteiger charge is -2.21. The number of phosphoric acid groups is 2. The van der Waals surface area contributed by atoms with Crippen molar-refractivity contribution in [1.82, 2.24) is 0 Å². The molecule has 3 N–H and O–H groups in total. The molecule has 0 aromatic rings. The topological polar surface area (TPSA) is 237 Å². The number of hydrogen-bond donors (Lipinski definition) is 3. The van der Waals surface area contributed by atoms with Crippen LogP contribution in [0.3, 0.4) is 0 Å². The molecule has 0 spiro atoms. The van der Waals surface area contributed by atoms with E-state index in [4.69, 9.17) is 37.0 Å². The van der Waals surface area contributed by atoms with Gasteiger partial charge in [-0.05, 0) is 37.5 Å². The fourth-order valence-electron chi connectivity index (χ4n) is 12.9. The van der Waals surface area contributed by atoms with E-state index >= 15 is 0 Å². The Morgan fingerprint density at radius 3 is 0.667 bits per heavy atom. The van der Waals surface area contributed by atoms with Gasteiger partial charge in [0.15, 0.2) is 12.2 Å². The van der Waals surface area contributed by atoms with Gasteiger partial charge in [0, 0.05) is 25.7 Å². The standard InChI is InChI=1S/C83H162O17P2/c1-7-9-11-13-15-17-19-20-21-27-30-36-42-48-54-60-66-81(86)94-72-79(100-82(87)67-61-55-49-43-37-31-28-25-23-22-24-26-29-34-39-45-51-57-63-75(3)4)74-98-102(91,92)96-70-77(84)69-95-101(89,90)97-73-78(71-93-80(85)65-59-53-47-41-18-16-14-12-10-8-2)99-83(88)68-62-56-50-44-38-33-32-35-40-46-52-58-64-76(5)6/h75-79,84H,7-74H2,1-6H3,(H,89,90)(H,91,92)/t77-,78+,79+/m0/s1. The molecule has 0 aliphatic rings. The number of esters is 4. The van der Waals surface area contributed by atoms with E-state index in [1.807, 2.05) is 0 Å². The second-order valence-electron chi connectivity index (χ2n) is 30.8. The minimum atomic E-state index is -4.96. The van der Waals surface area contributed by atoms with Crippen LogP contribution in [0.5, 0.6) is 0 Å². The summed E-state index contributed by atoms with van der Waals surface area (Å²) in [5.41, 5.74) is 0. The van der Waals surface area contributed by atoms with Gasteiger partial charge in [0.1, 0.15) is 19.3 Å². The highest BCUT2D eigenvalue weighted by Gasteiger charge is 2.30. The number of phosphoric ester groups is 2. The second kappa shape index (κ2) is 74.5. The lowest BCUT2D eigenvalue weighted by Crippen LogP contribution is -2.30. The average molecular weight is 1490 g/mol. The van der Waals surface area contributed by atoms with Gasteiger partial charge in [0.2, 0.25) is 0 Å². The monoisotopic (exact) mass is 1490 g/mol. The van der Waals surface area contributed by atoms with Gasteiger partial charge in [-0.2, -0.15) is 0 Å². The number of carbonyl (C=O) groups is 4. The van der Waals surface area contributed by atoms with Gasteiger partial charge in [-0.25, -0.2) is 9.13 Å². The Balaban J connectivity index is 5.22. The number of aliphatic hydroxyl groups is 1. The first-order chi connectivity index (χ1) is 49.4. The van der Waals surface area contributed by atoms with Crippen LogP contribution >= 0.6 is 15.6 Å². The molecule has 0 aliphatic heterocycles. The molecule has 0 saturated carbocycles. The van der Waals surface area contributed by atoms with Gasteiger partial charge in [0.05, 0.1) is 26.4 Å². The molecule has 2 unspecified atom stereocenters. The molecule has 5 atom stereocenters. The number of rotatable bonds is 82. The Morgan fingerprint density at radius 2 is 0.451 bits per heavy atom. The Morgan fingerprint density at radius 1 is 0.265 bits per heavy atom. The summed E-state index contributed by atoms with van der Waals surface area (Å²) in [5.74, 6) is -0.508. The van der Waals surface area contributed by atoms with Gasteiger partial charge >= 0.3 is 39.5 Å². The van der Waals surface area contributed by atoms with E-state index in [1.54, 1.807) is 0 Å². The van der Waals surface area contributed by atoms with Crippen LogP contribution in [0.15, 0.2) is 0 Å². The van der Waals surface area contributed by atoms with Crippen LogP contribution in [0.25, 0.3) is 0 Å². The van der Waals surface area contributed by atoms with E-state index in [9.17, 15) is 43.2 Å². The van der Waals surface area contributed by atoms with Crippen LogP contribution in [0, 0.1) is 11.8 Å². The molecule has 606 valence electrons. The van der Waals surface area contributed by atoms with Crippen molar-refractivity contribution in [2.75, 3.05) is 39.6 Å². The van der Waals surface area contributed by atoms with E-state index in [1.165, 1.54) is 257 Å². The van der Waals surface area contributed by atoms with Gasteiger partial charge in [-0.3, -0.25) is 37.3 Å². The molecule has 0 aromatic heterocycles. The minimum absolute atomic E-state index is 0.107. The van der Waals surface area contributed by atoms with Crippen molar-refractivity contribution >= 4 is 39.5 Å². The molecule has 0 saturated heterocycles. The van der Waals surface area contributed by atoms with Crippen LogP contribution in [0.2, 0.25) is 0 Å². The van der Waals surface area contributed by atoms with Crippen LogP contribution in [-0.4, -0.2) is 96.7 Å². The third-order valence-electron chi connectivity index (χ3n) is 19.5. The number of hydrogen-bond acceptors (Lipinski definition) is 15. The van der Waals surface area contributed by atoms with Crippen molar-refractivity contribution in [3.05, 3.63) is 0 Å². The van der Waals surface area contributed by atoms with Crippen LogP contribution < -0.4 is 0 Å². The van der Waals surface area contributed by atoms with Crippen molar-refractivity contribution < 1.29 is 80.2 Å². The molecule has 0 fully saturated rings. The summed E-state index contributed by atoms with van der Waals surface area (Å²) >= 11 is 0. The Labute approximate surface area is 626 Å². The minimum Gasteiger partial charge on any atom is -0.462 e. The summed E-state index contributed by atoms with van der Waals surface area (Å²) in [6, 6.07) is 0. The Bertz CT molecular complexity index is 1960. The van der Waals surface area contributed by atoms with Crippen molar-refractivity contribution in [3.63, 3.8) is 0 Å². The van der Waals surface area contributed by atoms with Crippen molar-refractivity contribution in [3.8, 4) is 0 Å². The predicted molar refractivity (Wildman–Crippen MR) is 418 cm³/mol. The smallest absolute Gasteiger partial charge is 0.462 e. The molecule has 0 aromatic carbocycles. The third-order valence-corrected chi connectivity index (χ3v) is 21.4. The molecular formula is C83H162O17P2. The van der Waals surface area contributed by atoms with Crippen LogP contribution in [0.1, 0.15) is 440 Å². The molecular weight excluding hydrogens is 1330 g/mol. The molecule has 0 heterocycles. The number of ether oxygens (including phenoxy) is 4. The fraction of sp³-hybridized carbons (Fsp3) is 0.952. The first kappa shape index (κ1) is 100. The number of carbonyl (C=O) groups excluding carboxylic acids is 4. The number of aliphatic hydroxyl groups excluding tert-OH is 1. The Kier molecular flexibility index (Phi) is 73.1. The van der Waals surface area contributed by atoms with Crippen LogP contribution in [-0.2, 0) is 65.4 Å². The largest absolute Gasteiger partial charge is 0.472 e. The van der Waals surface area contributed by atoms with E-state index in [2.05, 4.69) is 41.5 Å². The first-order valence-corrected chi connectivity index (χ1v) is 46.0. The highest BCUT2D eigenvalue weighted by atomic mass is 31.2.